The van der Waals surface area contributed by atoms with Crippen LogP contribution in [0, 0.1) is 5.92 Å². The second kappa shape index (κ2) is 9.58. The van der Waals surface area contributed by atoms with E-state index >= 15 is 0 Å². The molecule has 2 N–H and O–H groups in total. The molecule has 0 atom stereocenters. The molecule has 0 bridgehead atoms. The minimum Gasteiger partial charge on any atom is -0.454 e. The van der Waals surface area contributed by atoms with Gasteiger partial charge in [0, 0.05) is 25.2 Å². The smallest absolute Gasteiger partial charge is 0.259 e. The van der Waals surface area contributed by atoms with Crippen LogP contribution in [0.5, 0.6) is 11.5 Å². The summed E-state index contributed by atoms with van der Waals surface area (Å²) in [6.07, 6.45) is 8.36. The number of amides is 1. The number of sulfonamides is 1. The minimum absolute atomic E-state index is 0.162. The molecule has 2 aromatic rings. The monoisotopic (exact) mass is 483 g/mol. The van der Waals surface area contributed by atoms with Crippen LogP contribution >= 0.6 is 0 Å². The van der Waals surface area contributed by atoms with Crippen LogP contribution in [-0.2, 0) is 10.0 Å². The molecule has 3 aliphatic rings. The third-order valence-electron chi connectivity index (χ3n) is 7.26. The van der Waals surface area contributed by atoms with E-state index in [9.17, 15) is 13.2 Å². The number of nitrogens with one attached hydrogen (secondary N) is 2. The zero-order valence-electron chi connectivity index (χ0n) is 19.7. The standard InChI is InChI=1S/C26H33N3O4S/c1-18-12-14-29(15-13-18)34(31,32)25-16-20-24(17-22(25)27-19-8-4-2-3-5-9-19)33-23-11-7-6-10-21(23)28-26(20)30/h6-7,10-11,16-19,27H,2-5,8-9,12-15H2,1H3,(H,28,30). The van der Waals surface area contributed by atoms with Crippen molar-refractivity contribution in [2.75, 3.05) is 23.7 Å². The Morgan fingerprint density at radius 3 is 2.41 bits per heavy atom. The summed E-state index contributed by atoms with van der Waals surface area (Å²) in [5, 5.41) is 6.39. The lowest BCUT2D eigenvalue weighted by Crippen LogP contribution is -2.38. The summed E-state index contributed by atoms with van der Waals surface area (Å²) in [5.74, 6) is 1.05. The number of benzene rings is 2. The van der Waals surface area contributed by atoms with E-state index in [1.165, 1.54) is 18.9 Å². The third kappa shape index (κ3) is 4.66. The lowest BCUT2D eigenvalue weighted by Gasteiger charge is -2.31. The summed E-state index contributed by atoms with van der Waals surface area (Å²) in [6.45, 7) is 3.15. The van der Waals surface area contributed by atoms with Gasteiger partial charge in [0.2, 0.25) is 10.0 Å². The summed E-state index contributed by atoms with van der Waals surface area (Å²) >= 11 is 0. The SMILES string of the molecule is CC1CCN(S(=O)(=O)c2cc3c(cc2NC2CCCCCC2)Oc2ccccc2NC3=O)CC1. The number of hydrogen-bond donors (Lipinski definition) is 2. The summed E-state index contributed by atoms with van der Waals surface area (Å²) < 4.78 is 35.4. The van der Waals surface area contributed by atoms with Crippen LogP contribution in [0.4, 0.5) is 11.4 Å². The van der Waals surface area contributed by atoms with Crippen molar-refractivity contribution < 1.29 is 17.9 Å². The van der Waals surface area contributed by atoms with Crippen LogP contribution in [0.2, 0.25) is 0 Å². The molecule has 0 spiro atoms. The predicted molar refractivity (Wildman–Crippen MR) is 133 cm³/mol. The Hall–Kier alpha value is -2.58. The number of carbonyl (C=O) groups excluding carboxylic acids is 1. The first kappa shape index (κ1) is 23.2. The zero-order chi connectivity index (χ0) is 23.7. The largest absolute Gasteiger partial charge is 0.454 e. The quantitative estimate of drug-likeness (QED) is 0.553. The Morgan fingerprint density at radius 2 is 1.68 bits per heavy atom. The minimum atomic E-state index is -3.78. The molecule has 2 fully saturated rings. The number of carbonyl (C=O) groups is 1. The Balaban J connectivity index is 1.58. The molecule has 2 aliphatic heterocycles. The van der Waals surface area contributed by atoms with Gasteiger partial charge in [-0.05, 0) is 49.8 Å². The molecule has 2 heterocycles. The number of para-hydroxylation sites is 2. The van der Waals surface area contributed by atoms with E-state index in [4.69, 9.17) is 4.74 Å². The Labute approximate surface area is 201 Å². The first-order valence-electron chi connectivity index (χ1n) is 12.4. The molecule has 34 heavy (non-hydrogen) atoms. The molecule has 0 radical (unpaired) electrons. The number of nitrogens with zero attached hydrogens (tertiary/aromatic N) is 1. The van der Waals surface area contributed by atoms with Crippen molar-refractivity contribution in [1.29, 1.82) is 0 Å². The summed E-state index contributed by atoms with van der Waals surface area (Å²) in [5.41, 5.74) is 1.32. The van der Waals surface area contributed by atoms with Gasteiger partial charge >= 0.3 is 0 Å². The second-order valence-corrected chi connectivity index (χ2v) is 11.7. The maximum Gasteiger partial charge on any atom is 0.259 e. The molecule has 1 saturated carbocycles. The summed E-state index contributed by atoms with van der Waals surface area (Å²) in [6, 6.07) is 10.6. The van der Waals surface area contributed by atoms with Crippen LogP contribution in [0.25, 0.3) is 0 Å². The fourth-order valence-corrected chi connectivity index (χ4v) is 6.76. The van der Waals surface area contributed by atoms with Gasteiger partial charge in [0.1, 0.15) is 10.6 Å². The van der Waals surface area contributed by atoms with E-state index in [1.807, 2.05) is 12.1 Å². The fourth-order valence-electron chi connectivity index (χ4n) is 5.12. The van der Waals surface area contributed by atoms with Gasteiger partial charge in [-0.1, -0.05) is 44.7 Å². The number of anilines is 2. The van der Waals surface area contributed by atoms with Gasteiger partial charge in [0.25, 0.3) is 5.91 Å². The normalized spacial score (nSPS) is 20.3. The zero-order valence-corrected chi connectivity index (χ0v) is 20.5. The van der Waals surface area contributed by atoms with Crippen molar-refractivity contribution >= 4 is 27.3 Å². The van der Waals surface area contributed by atoms with Gasteiger partial charge in [-0.2, -0.15) is 4.31 Å². The molecule has 5 rings (SSSR count). The van der Waals surface area contributed by atoms with E-state index in [2.05, 4.69) is 17.6 Å². The van der Waals surface area contributed by atoms with Crippen LogP contribution in [-0.4, -0.2) is 37.8 Å². The summed E-state index contributed by atoms with van der Waals surface area (Å²) in [7, 11) is -3.78. The van der Waals surface area contributed by atoms with Crippen molar-refractivity contribution in [3.8, 4) is 11.5 Å². The highest BCUT2D eigenvalue weighted by Crippen LogP contribution is 2.41. The highest BCUT2D eigenvalue weighted by Gasteiger charge is 2.33. The van der Waals surface area contributed by atoms with Crippen molar-refractivity contribution in [3.63, 3.8) is 0 Å². The molecule has 182 valence electrons. The van der Waals surface area contributed by atoms with Crippen molar-refractivity contribution in [1.82, 2.24) is 4.31 Å². The molecular weight excluding hydrogens is 450 g/mol. The van der Waals surface area contributed by atoms with Crippen molar-refractivity contribution in [3.05, 3.63) is 42.0 Å². The van der Waals surface area contributed by atoms with Crippen molar-refractivity contribution in [2.45, 2.75) is 69.2 Å². The van der Waals surface area contributed by atoms with Crippen molar-refractivity contribution in [2.24, 2.45) is 5.92 Å². The van der Waals surface area contributed by atoms with Gasteiger partial charge in [-0.15, -0.1) is 0 Å². The molecule has 0 aromatic heterocycles. The molecule has 1 amide bonds. The Kier molecular flexibility index (Phi) is 6.53. The number of ether oxygens (including phenoxy) is 1. The lowest BCUT2D eigenvalue weighted by atomic mass is 10.0. The van der Waals surface area contributed by atoms with Gasteiger partial charge in [0.05, 0.1) is 16.9 Å². The molecule has 1 aliphatic carbocycles. The van der Waals surface area contributed by atoms with E-state index in [-0.39, 0.29) is 22.4 Å². The molecule has 8 heteroatoms. The number of rotatable bonds is 4. The predicted octanol–water partition coefficient (Wildman–Crippen LogP) is 5.60. The van der Waals surface area contributed by atoms with Gasteiger partial charge in [0.15, 0.2) is 5.75 Å². The molecular formula is C26H33N3O4S. The first-order chi connectivity index (χ1) is 16.4. The van der Waals surface area contributed by atoms with E-state index in [0.29, 0.717) is 41.9 Å². The van der Waals surface area contributed by atoms with Gasteiger partial charge in [-0.25, -0.2) is 8.42 Å². The van der Waals surface area contributed by atoms with Gasteiger partial charge in [-0.3, -0.25) is 4.79 Å². The number of fused-ring (bicyclic) bond motifs is 2. The van der Waals surface area contributed by atoms with Gasteiger partial charge < -0.3 is 15.4 Å². The molecule has 2 aromatic carbocycles. The van der Waals surface area contributed by atoms with E-state index in [0.717, 1.165) is 38.5 Å². The second-order valence-electron chi connectivity index (χ2n) is 9.82. The Bertz CT molecular complexity index is 1160. The van der Waals surface area contributed by atoms with Crippen LogP contribution in [0.15, 0.2) is 41.3 Å². The lowest BCUT2D eigenvalue weighted by molar-refractivity contribution is 0.102. The van der Waals surface area contributed by atoms with Crippen LogP contribution < -0.4 is 15.4 Å². The van der Waals surface area contributed by atoms with E-state index in [1.54, 1.807) is 22.5 Å². The molecule has 0 unspecified atom stereocenters. The first-order valence-corrected chi connectivity index (χ1v) is 13.9. The third-order valence-corrected chi connectivity index (χ3v) is 9.20. The average molecular weight is 484 g/mol. The van der Waals surface area contributed by atoms with E-state index < -0.39 is 10.0 Å². The summed E-state index contributed by atoms with van der Waals surface area (Å²) in [4.78, 5) is 13.3. The number of hydrogen-bond acceptors (Lipinski definition) is 5. The number of piperidine rings is 1. The average Bonchev–Trinajstić information content (AvgIpc) is 3.15. The Morgan fingerprint density at radius 1 is 0.971 bits per heavy atom. The highest BCUT2D eigenvalue weighted by molar-refractivity contribution is 7.89. The molecule has 1 saturated heterocycles. The maximum absolute atomic E-state index is 13.8. The van der Waals surface area contributed by atoms with Crippen LogP contribution in [0.1, 0.15) is 68.6 Å². The topological polar surface area (TPSA) is 87.7 Å². The highest BCUT2D eigenvalue weighted by atomic mass is 32.2. The maximum atomic E-state index is 13.8. The van der Waals surface area contributed by atoms with Crippen LogP contribution in [0.3, 0.4) is 0 Å². The fraction of sp³-hybridized carbons (Fsp3) is 0.500. The molecule has 7 nitrogen and oxygen atoms in total.